The van der Waals surface area contributed by atoms with Crippen LogP contribution in [0.1, 0.15) is 11.4 Å². The molecule has 7 heteroatoms. The summed E-state index contributed by atoms with van der Waals surface area (Å²) in [4.78, 5) is -0.451. The Balaban J connectivity index is 2.33. The predicted molar refractivity (Wildman–Crippen MR) is 68.8 cm³/mol. The summed E-state index contributed by atoms with van der Waals surface area (Å²) < 4.78 is 40.9. The number of aromatic nitrogens is 2. The van der Waals surface area contributed by atoms with Gasteiger partial charge in [0.2, 0.25) is 0 Å². The Labute approximate surface area is 111 Å². The van der Waals surface area contributed by atoms with Crippen molar-refractivity contribution >= 4 is 16.5 Å². The van der Waals surface area contributed by atoms with Gasteiger partial charge in [-0.15, -0.1) is 0 Å². The molecule has 2 N–H and O–H groups in total. The molecule has 0 saturated carbocycles. The monoisotopic (exact) mass is 285 g/mol. The Hall–Kier alpha value is -1.76. The molecule has 0 bridgehead atoms. The maximum atomic E-state index is 13.6. The van der Waals surface area contributed by atoms with Crippen LogP contribution in [0.4, 0.5) is 14.5 Å². The highest BCUT2D eigenvalue weighted by molar-refractivity contribution is 7.84. The third-order valence-electron chi connectivity index (χ3n) is 2.63. The molecular formula is C12H13F2N3OS. The van der Waals surface area contributed by atoms with Gasteiger partial charge in [0.15, 0.2) is 0 Å². The second-order valence-electron chi connectivity index (χ2n) is 4.20. The van der Waals surface area contributed by atoms with Gasteiger partial charge in [-0.25, -0.2) is 8.78 Å². The molecule has 1 atom stereocenters. The lowest BCUT2D eigenvalue weighted by atomic mass is 10.3. The van der Waals surface area contributed by atoms with E-state index in [1.807, 2.05) is 0 Å². The second-order valence-corrected chi connectivity index (χ2v) is 5.59. The normalized spacial score (nSPS) is 12.6. The zero-order chi connectivity index (χ0) is 14.2. The zero-order valence-electron chi connectivity index (χ0n) is 10.5. The van der Waals surface area contributed by atoms with Crippen LogP contribution < -0.4 is 5.73 Å². The number of nitrogens with zero attached hydrogens (tertiary/aromatic N) is 2. The van der Waals surface area contributed by atoms with Gasteiger partial charge in [-0.05, 0) is 25.1 Å². The lowest BCUT2D eigenvalue weighted by molar-refractivity contribution is 0.535. The number of aryl methyl sites for hydroxylation is 2. The highest BCUT2D eigenvalue weighted by atomic mass is 32.2. The maximum Gasteiger partial charge on any atom is 0.144 e. The van der Waals surface area contributed by atoms with Crippen LogP contribution in [0.15, 0.2) is 23.1 Å². The first-order valence-corrected chi connectivity index (χ1v) is 6.83. The Kier molecular flexibility index (Phi) is 3.66. The van der Waals surface area contributed by atoms with Gasteiger partial charge in [0, 0.05) is 12.7 Å². The van der Waals surface area contributed by atoms with Crippen molar-refractivity contribution in [2.24, 2.45) is 7.05 Å². The fourth-order valence-corrected chi connectivity index (χ4v) is 3.04. The SMILES string of the molecule is Cc1cc(CS(=O)c2c(F)cc(N)cc2F)n(C)n1. The highest BCUT2D eigenvalue weighted by Crippen LogP contribution is 2.22. The number of anilines is 1. The van der Waals surface area contributed by atoms with E-state index >= 15 is 0 Å². The van der Waals surface area contributed by atoms with Gasteiger partial charge in [0.1, 0.15) is 16.5 Å². The van der Waals surface area contributed by atoms with Crippen LogP contribution in [0.3, 0.4) is 0 Å². The summed E-state index contributed by atoms with van der Waals surface area (Å²) in [7, 11) is -0.139. The van der Waals surface area contributed by atoms with Crippen LogP contribution in [-0.4, -0.2) is 14.0 Å². The summed E-state index contributed by atoms with van der Waals surface area (Å²) in [6.45, 7) is 1.79. The molecule has 0 spiro atoms. The van der Waals surface area contributed by atoms with Crippen molar-refractivity contribution in [2.75, 3.05) is 5.73 Å². The first-order valence-electron chi connectivity index (χ1n) is 5.51. The fourth-order valence-electron chi connectivity index (χ4n) is 1.80. The van der Waals surface area contributed by atoms with E-state index in [-0.39, 0.29) is 11.4 Å². The maximum absolute atomic E-state index is 13.6. The van der Waals surface area contributed by atoms with E-state index in [2.05, 4.69) is 5.10 Å². The van der Waals surface area contributed by atoms with Crippen LogP contribution in [-0.2, 0) is 23.6 Å². The quantitative estimate of drug-likeness (QED) is 0.876. The van der Waals surface area contributed by atoms with Crippen molar-refractivity contribution in [2.45, 2.75) is 17.6 Å². The molecule has 102 valence electrons. The standard InChI is InChI=1S/C12H13F2N3OS/c1-7-3-9(17(2)16-7)6-19(18)12-10(13)4-8(15)5-11(12)14/h3-5H,6,15H2,1-2H3. The average molecular weight is 285 g/mol. The van der Waals surface area contributed by atoms with Gasteiger partial charge < -0.3 is 5.73 Å². The molecule has 1 unspecified atom stereocenters. The van der Waals surface area contributed by atoms with Crippen molar-refractivity contribution in [3.05, 3.63) is 41.2 Å². The molecule has 4 nitrogen and oxygen atoms in total. The second kappa shape index (κ2) is 5.08. The van der Waals surface area contributed by atoms with E-state index in [9.17, 15) is 13.0 Å². The molecule has 1 heterocycles. The number of halogens is 2. The van der Waals surface area contributed by atoms with Crippen molar-refractivity contribution in [3.8, 4) is 0 Å². The van der Waals surface area contributed by atoms with Gasteiger partial charge in [-0.1, -0.05) is 0 Å². The smallest absolute Gasteiger partial charge is 0.144 e. The minimum atomic E-state index is -1.83. The molecule has 1 aromatic carbocycles. The molecule has 19 heavy (non-hydrogen) atoms. The number of nitrogen functional groups attached to an aromatic ring is 1. The van der Waals surface area contributed by atoms with E-state index in [0.29, 0.717) is 5.69 Å². The zero-order valence-corrected chi connectivity index (χ0v) is 11.3. The first kappa shape index (κ1) is 13.7. The minimum Gasteiger partial charge on any atom is -0.399 e. The van der Waals surface area contributed by atoms with Crippen molar-refractivity contribution in [1.82, 2.24) is 9.78 Å². The third kappa shape index (κ3) is 2.81. The van der Waals surface area contributed by atoms with Crippen LogP contribution in [0.25, 0.3) is 0 Å². The molecule has 0 aliphatic carbocycles. The fraction of sp³-hybridized carbons (Fsp3) is 0.250. The summed E-state index contributed by atoms with van der Waals surface area (Å²) in [5.41, 5.74) is 6.68. The van der Waals surface area contributed by atoms with Gasteiger partial charge in [-0.3, -0.25) is 8.89 Å². The lowest BCUT2D eigenvalue weighted by Crippen LogP contribution is -2.07. The predicted octanol–water partition coefficient (Wildman–Crippen LogP) is 1.90. The van der Waals surface area contributed by atoms with Crippen molar-refractivity contribution < 1.29 is 13.0 Å². The summed E-state index contributed by atoms with van der Waals surface area (Å²) >= 11 is 0. The van der Waals surface area contributed by atoms with Gasteiger partial charge in [-0.2, -0.15) is 5.10 Å². The molecule has 0 fully saturated rings. The molecular weight excluding hydrogens is 272 g/mol. The van der Waals surface area contributed by atoms with E-state index in [1.165, 1.54) is 0 Å². The Bertz CT molecular complexity index is 631. The average Bonchev–Trinajstić information content (AvgIpc) is 2.55. The van der Waals surface area contributed by atoms with E-state index in [1.54, 1.807) is 24.7 Å². The van der Waals surface area contributed by atoms with Gasteiger partial charge >= 0.3 is 0 Å². The molecule has 2 aromatic rings. The van der Waals surface area contributed by atoms with E-state index in [4.69, 9.17) is 5.73 Å². The van der Waals surface area contributed by atoms with Gasteiger partial charge in [0.05, 0.1) is 27.9 Å². The Morgan fingerprint density at radius 2 is 1.89 bits per heavy atom. The Morgan fingerprint density at radius 1 is 1.32 bits per heavy atom. The third-order valence-corrected chi connectivity index (χ3v) is 4.03. The van der Waals surface area contributed by atoms with Crippen LogP contribution in [0.5, 0.6) is 0 Å². The van der Waals surface area contributed by atoms with Crippen molar-refractivity contribution in [1.29, 1.82) is 0 Å². The highest BCUT2D eigenvalue weighted by Gasteiger charge is 2.18. The number of benzene rings is 1. The molecule has 0 aliphatic heterocycles. The molecule has 2 rings (SSSR count). The van der Waals surface area contributed by atoms with Gasteiger partial charge in [0.25, 0.3) is 0 Å². The van der Waals surface area contributed by atoms with Crippen molar-refractivity contribution in [3.63, 3.8) is 0 Å². The minimum absolute atomic E-state index is 0.00486. The summed E-state index contributed by atoms with van der Waals surface area (Å²) in [6.07, 6.45) is 0. The van der Waals surface area contributed by atoms with Crippen LogP contribution >= 0.6 is 0 Å². The summed E-state index contributed by atoms with van der Waals surface area (Å²) in [6, 6.07) is 3.65. The molecule has 0 amide bonds. The molecule has 1 aromatic heterocycles. The number of nitrogens with two attached hydrogens (primary N) is 1. The number of hydrogen-bond donors (Lipinski definition) is 1. The molecule has 0 saturated heterocycles. The summed E-state index contributed by atoms with van der Waals surface area (Å²) in [5.74, 6) is -1.79. The largest absolute Gasteiger partial charge is 0.399 e. The number of hydrogen-bond acceptors (Lipinski definition) is 3. The molecule has 0 radical (unpaired) electrons. The lowest BCUT2D eigenvalue weighted by Gasteiger charge is -2.06. The number of rotatable bonds is 3. The van der Waals surface area contributed by atoms with E-state index < -0.39 is 27.3 Å². The summed E-state index contributed by atoms with van der Waals surface area (Å²) in [5, 5.41) is 4.09. The topological polar surface area (TPSA) is 60.9 Å². The van der Waals surface area contributed by atoms with E-state index in [0.717, 1.165) is 17.8 Å². The van der Waals surface area contributed by atoms with Crippen LogP contribution in [0.2, 0.25) is 0 Å². The Morgan fingerprint density at radius 3 is 2.37 bits per heavy atom. The first-order chi connectivity index (χ1) is 8.88. The molecule has 0 aliphatic rings. The van der Waals surface area contributed by atoms with Crippen LogP contribution in [0, 0.1) is 18.6 Å².